The maximum Gasteiger partial charge on any atom is 0.162 e. The topological polar surface area (TPSA) is 51.8 Å². The Morgan fingerprint density at radius 1 is 1.17 bits per heavy atom. The quantitative estimate of drug-likeness (QED) is 0.720. The molecule has 18 heavy (non-hydrogen) atoms. The lowest BCUT2D eigenvalue weighted by Gasteiger charge is -1.88. The van der Waals surface area contributed by atoms with Crippen molar-refractivity contribution in [3.8, 4) is 10.8 Å². The van der Waals surface area contributed by atoms with E-state index >= 15 is 0 Å². The van der Waals surface area contributed by atoms with Crippen LogP contribution in [0, 0.1) is 0 Å². The molecule has 3 aromatic heterocycles. The van der Waals surface area contributed by atoms with E-state index < -0.39 is 0 Å². The minimum atomic E-state index is 0.793. The van der Waals surface area contributed by atoms with Gasteiger partial charge in [-0.2, -0.15) is 0 Å². The van der Waals surface area contributed by atoms with Gasteiger partial charge in [-0.15, -0.1) is 11.3 Å². The molecular weight excluding hydrogens is 246 g/mol. The van der Waals surface area contributed by atoms with Crippen LogP contribution in [-0.4, -0.2) is 15.0 Å². The summed E-state index contributed by atoms with van der Waals surface area (Å²) >= 11 is 1.57. The number of nitrogens with zero attached hydrogens (tertiary/aromatic N) is 3. The molecule has 0 aromatic carbocycles. The predicted molar refractivity (Wildman–Crippen MR) is 70.8 cm³/mol. The minimum Gasteiger partial charge on any atom is -0.462 e. The Kier molecular flexibility index (Phi) is 2.97. The van der Waals surface area contributed by atoms with Gasteiger partial charge in [0.15, 0.2) is 10.8 Å². The molecule has 0 saturated carbocycles. The van der Waals surface area contributed by atoms with E-state index in [1.807, 2.05) is 36.5 Å². The van der Waals surface area contributed by atoms with Crippen molar-refractivity contribution in [1.82, 2.24) is 15.0 Å². The Bertz CT molecular complexity index is 644. The number of rotatable bonds is 3. The Hall–Kier alpha value is -2.27. The number of furan rings is 1. The van der Waals surface area contributed by atoms with Crippen molar-refractivity contribution in [3.05, 3.63) is 53.8 Å². The van der Waals surface area contributed by atoms with E-state index in [2.05, 4.69) is 15.0 Å². The number of hydrogen-bond acceptors (Lipinski definition) is 5. The van der Waals surface area contributed by atoms with E-state index in [1.165, 1.54) is 6.33 Å². The van der Waals surface area contributed by atoms with Crippen molar-refractivity contribution in [2.45, 2.75) is 0 Å². The van der Waals surface area contributed by atoms with Gasteiger partial charge in [-0.25, -0.2) is 15.0 Å². The molecular formula is C13H9N3OS. The Labute approximate surface area is 108 Å². The highest BCUT2D eigenvalue weighted by Gasteiger charge is 2.04. The van der Waals surface area contributed by atoms with Crippen molar-refractivity contribution >= 4 is 23.5 Å². The van der Waals surface area contributed by atoms with Crippen LogP contribution in [0.4, 0.5) is 0 Å². The summed E-state index contributed by atoms with van der Waals surface area (Å²) in [5.74, 6) is 0.793. The Morgan fingerprint density at radius 3 is 2.94 bits per heavy atom. The molecule has 0 radical (unpaired) electrons. The van der Waals surface area contributed by atoms with Crippen LogP contribution in [0.15, 0.2) is 47.6 Å². The van der Waals surface area contributed by atoms with Crippen LogP contribution in [0.2, 0.25) is 0 Å². The fourth-order valence-electron chi connectivity index (χ4n) is 1.44. The number of hydrogen-bond donors (Lipinski definition) is 0. The van der Waals surface area contributed by atoms with E-state index in [0.717, 1.165) is 21.3 Å². The average Bonchev–Trinajstić information content (AvgIpc) is 3.08. The van der Waals surface area contributed by atoms with Gasteiger partial charge >= 0.3 is 0 Å². The van der Waals surface area contributed by atoms with Crippen molar-refractivity contribution in [2.24, 2.45) is 0 Å². The molecule has 0 amide bonds. The highest BCUT2D eigenvalue weighted by Crippen LogP contribution is 2.26. The second kappa shape index (κ2) is 4.93. The zero-order chi connectivity index (χ0) is 12.2. The smallest absolute Gasteiger partial charge is 0.162 e. The molecule has 0 unspecified atom stereocenters. The molecule has 0 N–H and O–H groups in total. The molecule has 0 atom stereocenters. The van der Waals surface area contributed by atoms with Crippen LogP contribution in [0.5, 0.6) is 0 Å². The number of aromatic nitrogens is 3. The third kappa shape index (κ3) is 2.36. The molecule has 0 aliphatic carbocycles. The summed E-state index contributed by atoms with van der Waals surface area (Å²) in [6.45, 7) is 0. The summed E-state index contributed by atoms with van der Waals surface area (Å²) in [6.07, 6.45) is 10.6. The third-order valence-electron chi connectivity index (χ3n) is 2.28. The molecule has 0 fully saturated rings. The zero-order valence-corrected chi connectivity index (χ0v) is 10.2. The van der Waals surface area contributed by atoms with E-state index in [0.29, 0.717) is 0 Å². The average molecular weight is 255 g/mol. The van der Waals surface area contributed by atoms with Crippen LogP contribution in [0.3, 0.4) is 0 Å². The highest BCUT2D eigenvalue weighted by molar-refractivity contribution is 7.15. The normalized spacial score (nSPS) is 11.1. The fraction of sp³-hybridized carbons (Fsp3) is 0. The zero-order valence-electron chi connectivity index (χ0n) is 9.35. The first kappa shape index (κ1) is 10.9. The summed E-state index contributed by atoms with van der Waals surface area (Å²) in [5, 5.41) is 0.877. The van der Waals surface area contributed by atoms with Crippen molar-refractivity contribution in [2.75, 3.05) is 0 Å². The molecule has 0 saturated heterocycles. The van der Waals surface area contributed by atoms with E-state index in [9.17, 15) is 0 Å². The van der Waals surface area contributed by atoms with Crippen LogP contribution in [0.1, 0.15) is 10.6 Å². The van der Waals surface area contributed by atoms with Crippen LogP contribution in [-0.2, 0) is 0 Å². The van der Waals surface area contributed by atoms with Crippen LogP contribution in [0.25, 0.3) is 22.9 Å². The van der Waals surface area contributed by atoms with Crippen molar-refractivity contribution < 1.29 is 4.42 Å². The molecule has 0 aliphatic heterocycles. The van der Waals surface area contributed by atoms with E-state index in [4.69, 9.17) is 4.42 Å². The molecule has 3 aromatic rings. The molecule has 3 heterocycles. The van der Waals surface area contributed by atoms with E-state index in [1.54, 1.807) is 23.8 Å². The monoisotopic (exact) mass is 255 g/mol. The summed E-state index contributed by atoms with van der Waals surface area (Å²) in [6, 6.07) is 5.61. The standard InChI is InChI=1S/C13H9N3OS/c1-2-12(17-7-1)13-15-8-11(18-13)4-3-10-5-6-14-9-16-10/h1-9H. The molecule has 4 nitrogen and oxygen atoms in total. The van der Waals surface area contributed by atoms with Gasteiger partial charge in [0.1, 0.15) is 6.33 Å². The Morgan fingerprint density at radius 2 is 2.17 bits per heavy atom. The molecule has 0 bridgehead atoms. The second-order valence-corrected chi connectivity index (χ2v) is 4.57. The molecule has 3 rings (SSSR count). The van der Waals surface area contributed by atoms with Gasteiger partial charge in [0.05, 0.1) is 12.0 Å². The van der Waals surface area contributed by atoms with Gasteiger partial charge in [-0.3, -0.25) is 0 Å². The summed E-state index contributed by atoms with van der Waals surface area (Å²) in [4.78, 5) is 13.4. The third-order valence-corrected chi connectivity index (χ3v) is 3.26. The lowest BCUT2D eigenvalue weighted by atomic mass is 10.3. The van der Waals surface area contributed by atoms with Gasteiger partial charge in [-0.05, 0) is 30.4 Å². The predicted octanol–water partition coefficient (Wildman–Crippen LogP) is 3.36. The Balaban J connectivity index is 1.80. The van der Waals surface area contributed by atoms with Crippen molar-refractivity contribution in [3.63, 3.8) is 0 Å². The summed E-state index contributed by atoms with van der Waals surface area (Å²) in [7, 11) is 0. The van der Waals surface area contributed by atoms with Gasteiger partial charge in [0.2, 0.25) is 0 Å². The van der Waals surface area contributed by atoms with E-state index in [-0.39, 0.29) is 0 Å². The lowest BCUT2D eigenvalue weighted by Crippen LogP contribution is -1.79. The molecule has 5 heteroatoms. The molecule has 88 valence electrons. The first-order valence-electron chi connectivity index (χ1n) is 5.35. The summed E-state index contributed by atoms with van der Waals surface area (Å²) < 4.78 is 5.30. The highest BCUT2D eigenvalue weighted by atomic mass is 32.1. The first-order valence-corrected chi connectivity index (χ1v) is 6.17. The molecule has 0 aliphatic rings. The lowest BCUT2D eigenvalue weighted by molar-refractivity contribution is 0.582. The van der Waals surface area contributed by atoms with Crippen molar-refractivity contribution in [1.29, 1.82) is 0 Å². The maximum atomic E-state index is 5.30. The number of thiazole rings is 1. The SMILES string of the molecule is C(=Cc1cnc(-c2ccco2)s1)c1ccncn1. The van der Waals surface area contributed by atoms with Gasteiger partial charge in [-0.1, -0.05) is 0 Å². The fourth-order valence-corrected chi connectivity index (χ4v) is 2.23. The van der Waals surface area contributed by atoms with Crippen LogP contribution >= 0.6 is 11.3 Å². The first-order chi connectivity index (χ1) is 8.92. The largest absolute Gasteiger partial charge is 0.462 e. The minimum absolute atomic E-state index is 0.793. The molecule has 0 spiro atoms. The summed E-state index contributed by atoms with van der Waals surface area (Å²) in [5.41, 5.74) is 0.873. The maximum absolute atomic E-state index is 5.30. The van der Waals surface area contributed by atoms with Crippen LogP contribution < -0.4 is 0 Å². The van der Waals surface area contributed by atoms with Gasteiger partial charge in [0, 0.05) is 17.3 Å². The van der Waals surface area contributed by atoms with Gasteiger partial charge < -0.3 is 4.42 Å². The van der Waals surface area contributed by atoms with Gasteiger partial charge in [0.25, 0.3) is 0 Å². The second-order valence-electron chi connectivity index (χ2n) is 3.51.